The van der Waals surface area contributed by atoms with E-state index in [9.17, 15) is 13.2 Å². The molecule has 2 aromatic carbocycles. The number of ether oxygens (including phenoxy) is 1. The molecule has 0 atom stereocenters. The predicted molar refractivity (Wildman–Crippen MR) is 134 cm³/mol. The predicted octanol–water partition coefficient (Wildman–Crippen LogP) is 5.85. The summed E-state index contributed by atoms with van der Waals surface area (Å²) in [6.07, 6.45) is 0. The maximum Gasteiger partial charge on any atom is 0.338 e. The summed E-state index contributed by atoms with van der Waals surface area (Å²) in [5.41, 5.74) is 6.05. The maximum atomic E-state index is 12.6. The fourth-order valence-electron chi connectivity index (χ4n) is 3.98. The lowest BCUT2D eigenvalue weighted by Gasteiger charge is -2.09. The molecule has 0 unspecified atom stereocenters. The van der Waals surface area contributed by atoms with Crippen LogP contribution in [0.4, 0.5) is 0 Å². The van der Waals surface area contributed by atoms with Crippen LogP contribution in [0.2, 0.25) is 0 Å². The number of hydrogen-bond acceptors (Lipinski definition) is 4. The Kier molecular flexibility index (Phi) is 6.82. The number of esters is 1. The number of carbonyl (C=O) groups is 1. The highest BCUT2D eigenvalue weighted by Crippen LogP contribution is 2.39. The van der Waals surface area contributed by atoms with Gasteiger partial charge in [-0.2, -0.15) is 0 Å². The molecule has 5 nitrogen and oxygen atoms in total. The van der Waals surface area contributed by atoms with Crippen LogP contribution in [0.3, 0.4) is 0 Å². The monoisotopic (exact) mass is 473 g/mol. The van der Waals surface area contributed by atoms with E-state index in [1.807, 2.05) is 48.5 Å². The molecule has 6 heteroatoms. The van der Waals surface area contributed by atoms with E-state index in [-0.39, 0.29) is 17.4 Å². The number of methoxy groups -OCH3 is 1. The number of sulfonamides is 1. The molecule has 0 bridgehead atoms. The van der Waals surface area contributed by atoms with Gasteiger partial charge in [0.25, 0.3) is 0 Å². The van der Waals surface area contributed by atoms with E-state index in [1.165, 1.54) is 12.7 Å². The minimum Gasteiger partial charge on any atom is -0.465 e. The molecular weight excluding hydrogens is 446 g/mol. The lowest BCUT2D eigenvalue weighted by molar-refractivity contribution is 0.0602. The fraction of sp³-hybridized carbons (Fsp3) is 0.179. The van der Waals surface area contributed by atoms with Crippen LogP contribution in [0.15, 0.2) is 89.8 Å². The van der Waals surface area contributed by atoms with Crippen LogP contribution >= 0.6 is 0 Å². The maximum absolute atomic E-state index is 12.6. The first-order valence-electron chi connectivity index (χ1n) is 11.1. The molecule has 0 saturated heterocycles. The second-order valence-corrected chi connectivity index (χ2v) is 10.2. The van der Waals surface area contributed by atoms with Crippen LogP contribution in [-0.2, 0) is 21.3 Å². The number of nitrogens with one attached hydrogen (secondary N) is 1. The SMILES string of the molecule is COC(=O)c1cc(-c2cccc(CNS(=O)(=O)c3ccccc3)c2)c2ccc(C(C)C)ccc1-2. The van der Waals surface area contributed by atoms with Gasteiger partial charge in [-0.3, -0.25) is 0 Å². The number of rotatable bonds is 7. The summed E-state index contributed by atoms with van der Waals surface area (Å²) < 4.78 is 32.9. The van der Waals surface area contributed by atoms with Gasteiger partial charge in [0.2, 0.25) is 10.0 Å². The van der Waals surface area contributed by atoms with Gasteiger partial charge in [0.05, 0.1) is 17.6 Å². The average molecular weight is 474 g/mol. The Morgan fingerprint density at radius 3 is 2.24 bits per heavy atom. The van der Waals surface area contributed by atoms with Crippen molar-refractivity contribution >= 4 is 16.0 Å². The first-order chi connectivity index (χ1) is 16.3. The third kappa shape index (κ3) is 4.88. The Morgan fingerprint density at radius 2 is 1.56 bits per heavy atom. The molecule has 0 amide bonds. The Hall–Kier alpha value is -3.48. The molecule has 2 aliphatic carbocycles. The molecule has 0 fully saturated rings. The normalized spacial score (nSPS) is 11.6. The van der Waals surface area contributed by atoms with Gasteiger partial charge in [-0.15, -0.1) is 0 Å². The molecule has 0 heterocycles. The highest BCUT2D eigenvalue weighted by Gasteiger charge is 2.22. The van der Waals surface area contributed by atoms with Crippen molar-refractivity contribution in [1.29, 1.82) is 0 Å². The van der Waals surface area contributed by atoms with Gasteiger partial charge in [-0.25, -0.2) is 17.9 Å². The molecular formula is C28H27NO4S. The summed E-state index contributed by atoms with van der Waals surface area (Å²) in [6.45, 7) is 4.41. The van der Waals surface area contributed by atoms with Crippen molar-refractivity contribution in [2.24, 2.45) is 0 Å². The van der Waals surface area contributed by atoms with Crippen molar-refractivity contribution < 1.29 is 17.9 Å². The lowest BCUT2D eigenvalue weighted by Crippen LogP contribution is -2.23. The third-order valence-electron chi connectivity index (χ3n) is 5.87. The molecule has 2 aromatic rings. The van der Waals surface area contributed by atoms with Crippen LogP contribution in [0.5, 0.6) is 0 Å². The van der Waals surface area contributed by atoms with Gasteiger partial charge in [0.1, 0.15) is 0 Å². The summed E-state index contributed by atoms with van der Waals surface area (Å²) >= 11 is 0. The van der Waals surface area contributed by atoms with Gasteiger partial charge in [-0.1, -0.05) is 74.5 Å². The molecule has 0 spiro atoms. The van der Waals surface area contributed by atoms with Gasteiger partial charge in [0.15, 0.2) is 0 Å². The van der Waals surface area contributed by atoms with Crippen molar-refractivity contribution in [3.63, 3.8) is 0 Å². The summed E-state index contributed by atoms with van der Waals surface area (Å²) in [5.74, 6) is -0.0391. The summed E-state index contributed by atoms with van der Waals surface area (Å²) in [5, 5.41) is 0. The second kappa shape index (κ2) is 9.79. The molecule has 4 rings (SSSR count). The van der Waals surface area contributed by atoms with E-state index in [0.717, 1.165) is 27.8 Å². The third-order valence-corrected chi connectivity index (χ3v) is 7.29. The topological polar surface area (TPSA) is 72.5 Å². The zero-order valence-corrected chi connectivity index (χ0v) is 20.2. The number of fused-ring (bicyclic) bond motifs is 1. The molecule has 0 radical (unpaired) electrons. The molecule has 1 N–H and O–H groups in total. The first kappa shape index (κ1) is 23.7. The number of hydrogen-bond donors (Lipinski definition) is 1. The second-order valence-electron chi connectivity index (χ2n) is 8.45. The Morgan fingerprint density at radius 1 is 0.853 bits per heavy atom. The van der Waals surface area contributed by atoms with Gasteiger partial charge in [-0.05, 0) is 63.6 Å². The van der Waals surface area contributed by atoms with Crippen molar-refractivity contribution in [2.75, 3.05) is 7.11 Å². The smallest absolute Gasteiger partial charge is 0.338 e. The fourth-order valence-corrected chi connectivity index (χ4v) is 5.02. The minimum atomic E-state index is -3.61. The van der Waals surface area contributed by atoms with Crippen molar-refractivity contribution in [3.8, 4) is 22.3 Å². The quantitative estimate of drug-likeness (QED) is 0.342. The Balaban J connectivity index is 1.71. The van der Waals surface area contributed by atoms with E-state index in [2.05, 4.69) is 24.6 Å². The average Bonchev–Trinajstić information content (AvgIpc) is 3.06. The molecule has 174 valence electrons. The van der Waals surface area contributed by atoms with Crippen LogP contribution in [0.1, 0.15) is 41.3 Å². The number of carbonyl (C=O) groups excluding carboxylic acids is 1. The molecule has 0 saturated carbocycles. The van der Waals surface area contributed by atoms with Crippen molar-refractivity contribution in [1.82, 2.24) is 4.72 Å². The molecule has 0 aromatic heterocycles. The van der Waals surface area contributed by atoms with E-state index in [4.69, 9.17) is 4.74 Å². The summed E-state index contributed by atoms with van der Waals surface area (Å²) in [4.78, 5) is 12.7. The summed E-state index contributed by atoms with van der Waals surface area (Å²) in [6, 6.07) is 25.9. The highest BCUT2D eigenvalue weighted by atomic mass is 32.2. The Bertz CT molecular complexity index is 1400. The molecule has 34 heavy (non-hydrogen) atoms. The lowest BCUT2D eigenvalue weighted by atomic mass is 10.0. The Labute approximate surface area is 200 Å². The summed E-state index contributed by atoms with van der Waals surface area (Å²) in [7, 11) is -2.24. The zero-order valence-electron chi connectivity index (χ0n) is 19.4. The van der Waals surface area contributed by atoms with E-state index >= 15 is 0 Å². The van der Waals surface area contributed by atoms with E-state index in [0.29, 0.717) is 11.5 Å². The molecule has 0 aliphatic heterocycles. The van der Waals surface area contributed by atoms with Gasteiger partial charge in [0, 0.05) is 6.54 Å². The first-order valence-corrected chi connectivity index (χ1v) is 12.6. The number of benzene rings is 2. The zero-order chi connectivity index (χ0) is 24.3. The van der Waals surface area contributed by atoms with Crippen LogP contribution in [-0.4, -0.2) is 21.5 Å². The van der Waals surface area contributed by atoms with Crippen LogP contribution in [0.25, 0.3) is 22.3 Å². The van der Waals surface area contributed by atoms with E-state index in [1.54, 1.807) is 30.3 Å². The largest absolute Gasteiger partial charge is 0.465 e. The van der Waals surface area contributed by atoms with Crippen molar-refractivity contribution in [2.45, 2.75) is 31.2 Å². The minimum absolute atomic E-state index is 0.152. The van der Waals surface area contributed by atoms with Crippen molar-refractivity contribution in [3.05, 3.63) is 102 Å². The van der Waals surface area contributed by atoms with Crippen LogP contribution in [0, 0.1) is 0 Å². The van der Waals surface area contributed by atoms with Gasteiger partial charge < -0.3 is 4.74 Å². The highest BCUT2D eigenvalue weighted by molar-refractivity contribution is 7.89. The standard InChI is InChI=1S/C28H27NO4S/c1-19(2)21-12-14-24-25(15-13-21)27(28(30)33-3)17-26(24)22-9-7-8-20(16-22)18-29-34(31,32)23-10-5-4-6-11-23/h4-17,19,29H,18H2,1-3H3. The van der Waals surface area contributed by atoms with Gasteiger partial charge >= 0.3 is 5.97 Å². The van der Waals surface area contributed by atoms with Crippen LogP contribution < -0.4 is 4.72 Å². The van der Waals surface area contributed by atoms with E-state index < -0.39 is 10.0 Å². The molecule has 2 aliphatic rings.